The predicted octanol–water partition coefficient (Wildman–Crippen LogP) is 1.12. The van der Waals surface area contributed by atoms with E-state index in [0.717, 1.165) is 0 Å². The standard InChI is InChI=1S/C11H16O4/c1-14-8-3-4-9(10(13)5-6-12)11(7-8)15-2/h3-4,7,10,12-13H,5-6H2,1-2H3. The summed E-state index contributed by atoms with van der Waals surface area (Å²) in [4.78, 5) is 0. The molecule has 1 rings (SSSR count). The topological polar surface area (TPSA) is 58.9 Å². The zero-order chi connectivity index (χ0) is 11.3. The fourth-order valence-corrected chi connectivity index (χ4v) is 1.37. The second-order valence-electron chi connectivity index (χ2n) is 3.14. The molecule has 0 saturated carbocycles. The SMILES string of the molecule is COc1ccc(C(O)CCO)c(OC)c1. The first-order valence-electron chi connectivity index (χ1n) is 4.73. The van der Waals surface area contributed by atoms with Crippen LogP contribution in [0, 0.1) is 0 Å². The number of hydrogen-bond donors (Lipinski definition) is 2. The minimum absolute atomic E-state index is 0.0592. The molecule has 0 aliphatic heterocycles. The number of aliphatic hydroxyl groups excluding tert-OH is 2. The maximum absolute atomic E-state index is 9.72. The molecule has 0 spiro atoms. The quantitative estimate of drug-likeness (QED) is 0.768. The predicted molar refractivity (Wildman–Crippen MR) is 56.2 cm³/mol. The second-order valence-corrected chi connectivity index (χ2v) is 3.14. The van der Waals surface area contributed by atoms with Crippen LogP contribution in [0.25, 0.3) is 0 Å². The average molecular weight is 212 g/mol. The van der Waals surface area contributed by atoms with Gasteiger partial charge in [-0.05, 0) is 12.1 Å². The molecule has 0 radical (unpaired) electrons. The van der Waals surface area contributed by atoms with E-state index in [1.165, 1.54) is 7.11 Å². The Labute approximate surface area is 89.1 Å². The van der Waals surface area contributed by atoms with Crippen LogP contribution in [0.2, 0.25) is 0 Å². The Hall–Kier alpha value is -1.26. The molecule has 0 saturated heterocycles. The highest BCUT2D eigenvalue weighted by Crippen LogP contribution is 2.30. The molecule has 1 aromatic rings. The van der Waals surface area contributed by atoms with Gasteiger partial charge in [0.15, 0.2) is 0 Å². The van der Waals surface area contributed by atoms with Crippen molar-refractivity contribution in [1.29, 1.82) is 0 Å². The van der Waals surface area contributed by atoms with Crippen LogP contribution in [0.15, 0.2) is 18.2 Å². The molecule has 1 atom stereocenters. The van der Waals surface area contributed by atoms with Gasteiger partial charge in [0, 0.05) is 24.7 Å². The van der Waals surface area contributed by atoms with Gasteiger partial charge in [-0.2, -0.15) is 0 Å². The Morgan fingerprint density at radius 1 is 1.27 bits per heavy atom. The van der Waals surface area contributed by atoms with Gasteiger partial charge in [-0.3, -0.25) is 0 Å². The summed E-state index contributed by atoms with van der Waals surface area (Å²) in [7, 11) is 3.10. The van der Waals surface area contributed by atoms with Crippen molar-refractivity contribution in [3.8, 4) is 11.5 Å². The number of rotatable bonds is 5. The Bertz CT molecular complexity index is 311. The highest BCUT2D eigenvalue weighted by molar-refractivity contribution is 5.41. The molecule has 0 aliphatic carbocycles. The van der Waals surface area contributed by atoms with Crippen molar-refractivity contribution in [2.24, 2.45) is 0 Å². The Kier molecular flexibility index (Phi) is 4.39. The molecule has 0 fully saturated rings. The van der Waals surface area contributed by atoms with Gasteiger partial charge in [0.25, 0.3) is 0 Å². The zero-order valence-electron chi connectivity index (χ0n) is 8.93. The Balaban J connectivity index is 2.96. The van der Waals surface area contributed by atoms with Crippen LogP contribution in [0.3, 0.4) is 0 Å². The van der Waals surface area contributed by atoms with Crippen LogP contribution in [-0.4, -0.2) is 31.0 Å². The molecule has 0 heterocycles. The molecule has 84 valence electrons. The van der Waals surface area contributed by atoms with Gasteiger partial charge in [-0.25, -0.2) is 0 Å². The third kappa shape index (κ3) is 2.84. The molecule has 1 unspecified atom stereocenters. The number of methoxy groups -OCH3 is 2. The van der Waals surface area contributed by atoms with E-state index >= 15 is 0 Å². The first-order chi connectivity index (χ1) is 7.22. The Morgan fingerprint density at radius 3 is 2.53 bits per heavy atom. The van der Waals surface area contributed by atoms with Crippen molar-refractivity contribution >= 4 is 0 Å². The van der Waals surface area contributed by atoms with Gasteiger partial charge in [0.2, 0.25) is 0 Å². The van der Waals surface area contributed by atoms with Crippen LogP contribution in [0.1, 0.15) is 18.1 Å². The largest absolute Gasteiger partial charge is 0.497 e. The lowest BCUT2D eigenvalue weighted by Crippen LogP contribution is -2.03. The lowest BCUT2D eigenvalue weighted by molar-refractivity contribution is 0.131. The molecule has 1 aromatic carbocycles. The van der Waals surface area contributed by atoms with Gasteiger partial charge >= 0.3 is 0 Å². The van der Waals surface area contributed by atoms with E-state index in [0.29, 0.717) is 23.5 Å². The van der Waals surface area contributed by atoms with Crippen molar-refractivity contribution in [3.63, 3.8) is 0 Å². The summed E-state index contributed by atoms with van der Waals surface area (Å²) >= 11 is 0. The fourth-order valence-electron chi connectivity index (χ4n) is 1.37. The molecule has 0 bridgehead atoms. The summed E-state index contributed by atoms with van der Waals surface area (Å²) in [6.07, 6.45) is -0.418. The van der Waals surface area contributed by atoms with Gasteiger partial charge < -0.3 is 19.7 Å². The van der Waals surface area contributed by atoms with E-state index in [1.54, 1.807) is 25.3 Å². The van der Waals surface area contributed by atoms with Gasteiger partial charge in [0.1, 0.15) is 11.5 Å². The summed E-state index contributed by atoms with van der Waals surface area (Å²) in [5.74, 6) is 1.24. The average Bonchev–Trinajstić information content (AvgIpc) is 2.28. The number of ether oxygens (including phenoxy) is 2. The lowest BCUT2D eigenvalue weighted by Gasteiger charge is -2.14. The number of benzene rings is 1. The van der Waals surface area contributed by atoms with Crippen LogP contribution >= 0.6 is 0 Å². The van der Waals surface area contributed by atoms with Crippen molar-refractivity contribution in [1.82, 2.24) is 0 Å². The molecule has 4 heteroatoms. The highest BCUT2D eigenvalue weighted by Gasteiger charge is 2.13. The molecule has 0 aliphatic rings. The van der Waals surface area contributed by atoms with E-state index in [-0.39, 0.29) is 6.61 Å². The molecule has 4 nitrogen and oxygen atoms in total. The van der Waals surface area contributed by atoms with E-state index in [1.807, 2.05) is 0 Å². The highest BCUT2D eigenvalue weighted by atomic mass is 16.5. The summed E-state index contributed by atoms with van der Waals surface area (Å²) in [6, 6.07) is 5.19. The molecule has 2 N–H and O–H groups in total. The molecule has 15 heavy (non-hydrogen) atoms. The molecule has 0 aromatic heterocycles. The summed E-state index contributed by atoms with van der Waals surface area (Å²) in [5, 5.41) is 18.5. The van der Waals surface area contributed by atoms with E-state index in [9.17, 15) is 5.11 Å². The second kappa shape index (κ2) is 5.58. The smallest absolute Gasteiger partial charge is 0.128 e. The monoisotopic (exact) mass is 212 g/mol. The van der Waals surface area contributed by atoms with Crippen LogP contribution < -0.4 is 9.47 Å². The summed E-state index contributed by atoms with van der Waals surface area (Å²) in [5.41, 5.74) is 0.660. The van der Waals surface area contributed by atoms with Gasteiger partial charge in [-0.1, -0.05) is 0 Å². The van der Waals surface area contributed by atoms with Gasteiger partial charge in [-0.15, -0.1) is 0 Å². The maximum Gasteiger partial charge on any atom is 0.128 e. The van der Waals surface area contributed by atoms with E-state index in [2.05, 4.69) is 0 Å². The molecular formula is C11H16O4. The first-order valence-corrected chi connectivity index (χ1v) is 4.73. The maximum atomic E-state index is 9.72. The molecular weight excluding hydrogens is 196 g/mol. The lowest BCUT2D eigenvalue weighted by atomic mass is 10.1. The van der Waals surface area contributed by atoms with Crippen molar-refractivity contribution in [2.75, 3.05) is 20.8 Å². The Morgan fingerprint density at radius 2 is 2.00 bits per heavy atom. The fraction of sp³-hybridized carbons (Fsp3) is 0.455. The third-order valence-electron chi connectivity index (χ3n) is 2.20. The number of aliphatic hydroxyl groups is 2. The minimum Gasteiger partial charge on any atom is -0.497 e. The van der Waals surface area contributed by atoms with Crippen LogP contribution in [0.5, 0.6) is 11.5 Å². The third-order valence-corrected chi connectivity index (χ3v) is 2.20. The van der Waals surface area contributed by atoms with Crippen LogP contribution in [-0.2, 0) is 0 Å². The van der Waals surface area contributed by atoms with Crippen LogP contribution in [0.4, 0.5) is 0 Å². The van der Waals surface area contributed by atoms with Crippen molar-refractivity contribution < 1.29 is 19.7 Å². The summed E-state index contributed by atoms with van der Waals surface area (Å²) < 4.78 is 10.2. The molecule has 0 amide bonds. The van der Waals surface area contributed by atoms with Crippen molar-refractivity contribution in [3.05, 3.63) is 23.8 Å². The first kappa shape index (κ1) is 11.8. The van der Waals surface area contributed by atoms with Gasteiger partial charge in [0.05, 0.1) is 20.3 Å². The normalized spacial score (nSPS) is 12.3. The summed E-state index contributed by atoms with van der Waals surface area (Å²) in [6.45, 7) is -0.0592. The number of hydrogen-bond acceptors (Lipinski definition) is 4. The van der Waals surface area contributed by atoms with E-state index in [4.69, 9.17) is 14.6 Å². The van der Waals surface area contributed by atoms with E-state index < -0.39 is 6.10 Å². The van der Waals surface area contributed by atoms with Crippen molar-refractivity contribution in [2.45, 2.75) is 12.5 Å². The zero-order valence-corrected chi connectivity index (χ0v) is 8.93. The minimum atomic E-state index is -0.712.